The van der Waals surface area contributed by atoms with Gasteiger partial charge < -0.3 is 10.4 Å². The van der Waals surface area contributed by atoms with E-state index in [1.54, 1.807) is 24.4 Å². The monoisotopic (exact) mass is 448 g/mol. The van der Waals surface area contributed by atoms with Gasteiger partial charge in [0.15, 0.2) is 5.82 Å². The topological polar surface area (TPSA) is 114 Å². The normalized spacial score (nSPS) is 15.2. The number of para-hydroxylation sites is 1. The number of rotatable bonds is 2. The van der Waals surface area contributed by atoms with E-state index in [9.17, 15) is 22.8 Å². The number of carbonyl (C=O) groups excluding carboxylic acids is 1. The number of hydrogen-bond donors (Lipinski definition) is 2. The molecule has 0 radical (unpaired) electrons. The number of halogens is 3. The molecule has 1 atom stereocenters. The molecule has 1 aliphatic rings. The van der Waals surface area contributed by atoms with E-state index in [2.05, 4.69) is 24.1 Å². The second-order valence-corrected chi connectivity index (χ2v) is 7.46. The first kappa shape index (κ1) is 22.9. The molecular formula is C21H19F3N4O4. The van der Waals surface area contributed by atoms with Gasteiger partial charge in [-0.2, -0.15) is 13.2 Å². The highest BCUT2D eigenvalue weighted by Crippen LogP contribution is 2.27. The Morgan fingerprint density at radius 3 is 2.47 bits per heavy atom. The Hall–Kier alpha value is -3.76. The van der Waals surface area contributed by atoms with Crippen molar-refractivity contribution in [2.45, 2.75) is 32.5 Å². The minimum Gasteiger partial charge on any atom is -0.475 e. The molecule has 0 bridgehead atoms. The van der Waals surface area contributed by atoms with Crippen molar-refractivity contribution in [1.29, 1.82) is 0 Å². The van der Waals surface area contributed by atoms with Gasteiger partial charge in [0.25, 0.3) is 11.5 Å². The molecule has 0 spiro atoms. The van der Waals surface area contributed by atoms with E-state index in [-0.39, 0.29) is 17.5 Å². The third kappa shape index (κ3) is 4.61. The first-order valence-corrected chi connectivity index (χ1v) is 9.58. The molecule has 8 nitrogen and oxygen atoms in total. The second kappa shape index (κ2) is 8.77. The van der Waals surface area contributed by atoms with Crippen LogP contribution in [0.15, 0.2) is 47.4 Å². The minimum atomic E-state index is -5.08. The molecule has 1 amide bonds. The first-order chi connectivity index (χ1) is 15.0. The molecule has 3 aromatic rings. The lowest BCUT2D eigenvalue weighted by Gasteiger charge is -2.20. The number of carbonyl (C=O) groups is 2. The van der Waals surface area contributed by atoms with Gasteiger partial charge in [-0.05, 0) is 36.6 Å². The highest BCUT2D eigenvalue weighted by molar-refractivity contribution is 5.98. The predicted octanol–water partition coefficient (Wildman–Crippen LogP) is 3.24. The number of pyridine rings is 1. The van der Waals surface area contributed by atoms with E-state index in [4.69, 9.17) is 14.9 Å². The fourth-order valence-corrected chi connectivity index (χ4v) is 3.28. The average Bonchev–Trinajstić information content (AvgIpc) is 2.83. The summed E-state index contributed by atoms with van der Waals surface area (Å²) in [5.74, 6) is -1.79. The molecule has 168 valence electrons. The van der Waals surface area contributed by atoms with E-state index in [1.807, 2.05) is 18.2 Å². The van der Waals surface area contributed by atoms with E-state index in [1.165, 1.54) is 4.57 Å². The van der Waals surface area contributed by atoms with Crippen molar-refractivity contribution in [3.63, 3.8) is 0 Å². The van der Waals surface area contributed by atoms with Crippen LogP contribution in [0.4, 0.5) is 13.2 Å². The summed E-state index contributed by atoms with van der Waals surface area (Å²) in [4.78, 5) is 43.8. The maximum Gasteiger partial charge on any atom is 0.490 e. The average molecular weight is 448 g/mol. The SMILES string of the molecule is CC(C)CC1NC(=O)c2cccnc2-n2c1nc1ccccc1c2=O.O=C(O)C(F)(F)F. The standard InChI is InChI=1S/C19H18N4O2.C2HF3O2/c1-11(2)10-15-17-21-14-8-4-3-6-12(14)19(25)23(17)16-13(18(24)22-15)7-5-9-20-16;3-2(4,5)1(6)7/h3-9,11,15H,10H2,1-2H3,(H,22,24);(H,6,7). The number of nitrogens with zero attached hydrogens (tertiary/aromatic N) is 3. The van der Waals surface area contributed by atoms with Crippen LogP contribution in [-0.4, -0.2) is 37.7 Å². The number of carboxylic acids is 1. The molecule has 1 aromatic carbocycles. The Kier molecular flexibility index (Phi) is 6.28. The van der Waals surface area contributed by atoms with Crippen LogP contribution in [0, 0.1) is 5.92 Å². The molecule has 0 saturated heterocycles. The number of aliphatic carboxylic acids is 1. The summed E-state index contributed by atoms with van der Waals surface area (Å²) in [6, 6.07) is 10.3. The lowest BCUT2D eigenvalue weighted by atomic mass is 10.0. The Labute approximate surface area is 179 Å². The number of hydrogen-bond acceptors (Lipinski definition) is 5. The number of benzene rings is 1. The first-order valence-electron chi connectivity index (χ1n) is 9.58. The molecule has 0 saturated carbocycles. The third-order valence-corrected chi connectivity index (χ3v) is 4.61. The summed E-state index contributed by atoms with van der Waals surface area (Å²) in [7, 11) is 0. The van der Waals surface area contributed by atoms with Crippen LogP contribution in [0.2, 0.25) is 0 Å². The fraction of sp³-hybridized carbons (Fsp3) is 0.286. The molecular weight excluding hydrogens is 429 g/mol. The number of nitrogens with one attached hydrogen (secondary N) is 1. The maximum atomic E-state index is 13.2. The van der Waals surface area contributed by atoms with Gasteiger partial charge in [-0.3, -0.25) is 9.59 Å². The summed E-state index contributed by atoms with van der Waals surface area (Å²) in [6.45, 7) is 4.15. The molecule has 4 rings (SSSR count). The predicted molar refractivity (Wildman–Crippen MR) is 108 cm³/mol. The molecule has 1 aliphatic heterocycles. The van der Waals surface area contributed by atoms with Crippen LogP contribution in [0.1, 0.15) is 42.5 Å². The quantitative estimate of drug-likeness (QED) is 0.622. The number of alkyl halides is 3. The molecule has 32 heavy (non-hydrogen) atoms. The lowest BCUT2D eigenvalue weighted by molar-refractivity contribution is -0.192. The molecule has 11 heteroatoms. The number of carboxylic acid groups (broad SMARTS) is 1. The van der Waals surface area contributed by atoms with Crippen LogP contribution in [-0.2, 0) is 4.79 Å². The maximum absolute atomic E-state index is 13.2. The van der Waals surface area contributed by atoms with Gasteiger partial charge in [0, 0.05) is 6.20 Å². The van der Waals surface area contributed by atoms with Crippen LogP contribution >= 0.6 is 0 Å². The van der Waals surface area contributed by atoms with Crippen LogP contribution in [0.25, 0.3) is 16.7 Å². The Morgan fingerprint density at radius 2 is 1.84 bits per heavy atom. The summed E-state index contributed by atoms with van der Waals surface area (Å²) in [6.07, 6.45) is -2.81. The van der Waals surface area contributed by atoms with Gasteiger partial charge in [0.2, 0.25) is 0 Å². The van der Waals surface area contributed by atoms with Gasteiger partial charge in [-0.1, -0.05) is 26.0 Å². The van der Waals surface area contributed by atoms with Gasteiger partial charge in [0.05, 0.1) is 22.5 Å². The smallest absolute Gasteiger partial charge is 0.475 e. The van der Waals surface area contributed by atoms with Crippen LogP contribution in [0.3, 0.4) is 0 Å². The summed E-state index contributed by atoms with van der Waals surface area (Å²) in [5.41, 5.74) is 0.807. The Balaban J connectivity index is 0.000000360. The number of fused-ring (bicyclic) bond motifs is 4. The Morgan fingerprint density at radius 1 is 1.19 bits per heavy atom. The van der Waals surface area contributed by atoms with Gasteiger partial charge in [-0.25, -0.2) is 19.3 Å². The molecule has 2 aromatic heterocycles. The molecule has 3 heterocycles. The number of aromatic nitrogens is 3. The zero-order valence-corrected chi connectivity index (χ0v) is 17.1. The third-order valence-electron chi connectivity index (χ3n) is 4.61. The Bertz CT molecular complexity index is 1240. The van der Waals surface area contributed by atoms with Crippen molar-refractivity contribution in [3.8, 4) is 5.82 Å². The van der Waals surface area contributed by atoms with E-state index in [0.29, 0.717) is 40.4 Å². The summed E-state index contributed by atoms with van der Waals surface area (Å²) >= 11 is 0. The largest absolute Gasteiger partial charge is 0.490 e. The minimum absolute atomic E-state index is 0.203. The zero-order chi connectivity index (χ0) is 23.6. The van der Waals surface area contributed by atoms with Crippen LogP contribution in [0.5, 0.6) is 0 Å². The highest BCUT2D eigenvalue weighted by Gasteiger charge is 2.38. The zero-order valence-electron chi connectivity index (χ0n) is 17.1. The van der Waals surface area contributed by atoms with Crippen molar-refractivity contribution < 1.29 is 27.9 Å². The van der Waals surface area contributed by atoms with E-state index >= 15 is 0 Å². The van der Waals surface area contributed by atoms with E-state index in [0.717, 1.165) is 0 Å². The van der Waals surface area contributed by atoms with Crippen molar-refractivity contribution >= 4 is 22.8 Å². The second-order valence-electron chi connectivity index (χ2n) is 7.46. The van der Waals surface area contributed by atoms with Crippen LogP contribution < -0.4 is 10.9 Å². The summed E-state index contributed by atoms with van der Waals surface area (Å²) in [5, 5.41) is 10.7. The van der Waals surface area contributed by atoms with Gasteiger partial charge >= 0.3 is 12.1 Å². The van der Waals surface area contributed by atoms with Crippen molar-refractivity contribution in [2.75, 3.05) is 0 Å². The fourth-order valence-electron chi connectivity index (χ4n) is 3.28. The lowest BCUT2D eigenvalue weighted by Crippen LogP contribution is -2.31. The van der Waals surface area contributed by atoms with E-state index < -0.39 is 12.1 Å². The highest BCUT2D eigenvalue weighted by atomic mass is 19.4. The van der Waals surface area contributed by atoms with Crippen molar-refractivity contribution in [1.82, 2.24) is 19.9 Å². The van der Waals surface area contributed by atoms with Gasteiger partial charge in [-0.15, -0.1) is 0 Å². The molecule has 1 unspecified atom stereocenters. The van der Waals surface area contributed by atoms with Gasteiger partial charge in [0.1, 0.15) is 5.82 Å². The van der Waals surface area contributed by atoms with Crippen molar-refractivity contribution in [2.24, 2.45) is 5.92 Å². The molecule has 0 fully saturated rings. The molecule has 2 N–H and O–H groups in total. The summed E-state index contributed by atoms with van der Waals surface area (Å²) < 4.78 is 33.2. The molecule has 0 aliphatic carbocycles. The van der Waals surface area contributed by atoms with Crippen molar-refractivity contribution in [3.05, 3.63) is 64.3 Å². The number of amides is 1.